The Kier molecular flexibility index (Phi) is 6.76. The lowest BCUT2D eigenvalue weighted by Crippen LogP contribution is -2.56. The van der Waals surface area contributed by atoms with Crippen molar-refractivity contribution in [3.63, 3.8) is 0 Å². The summed E-state index contributed by atoms with van der Waals surface area (Å²) in [5.41, 5.74) is -1.55. The second-order valence-electron chi connectivity index (χ2n) is 8.92. The Balaban J connectivity index is 1.51. The first-order chi connectivity index (χ1) is 15.3. The van der Waals surface area contributed by atoms with Gasteiger partial charge in [-0.05, 0) is 75.9 Å². The maximum absolute atomic E-state index is 13.5. The number of likely N-dealkylation sites (tertiary alicyclic amines) is 1. The average molecular weight is 454 g/mol. The summed E-state index contributed by atoms with van der Waals surface area (Å²) >= 11 is 0. The number of hydrogen-bond donors (Lipinski definition) is 1. The summed E-state index contributed by atoms with van der Waals surface area (Å²) in [6, 6.07) is 3.39. The highest BCUT2D eigenvalue weighted by molar-refractivity contribution is 5.98. The highest BCUT2D eigenvalue weighted by Crippen LogP contribution is 2.41. The maximum atomic E-state index is 13.5. The van der Waals surface area contributed by atoms with Crippen LogP contribution in [0.4, 0.5) is 13.2 Å². The van der Waals surface area contributed by atoms with Crippen molar-refractivity contribution in [3.8, 4) is 0 Å². The first-order valence-corrected chi connectivity index (χ1v) is 11.5. The summed E-state index contributed by atoms with van der Waals surface area (Å²) < 4.78 is 44.9. The molecule has 0 radical (unpaired) electrons. The zero-order valence-electron chi connectivity index (χ0n) is 18.1. The molecule has 2 amide bonds. The second kappa shape index (κ2) is 9.39. The van der Waals surface area contributed by atoms with Crippen LogP contribution in [0, 0.1) is 0 Å². The first kappa shape index (κ1) is 23.0. The van der Waals surface area contributed by atoms with E-state index in [1.807, 2.05) is 0 Å². The minimum absolute atomic E-state index is 0.0991. The van der Waals surface area contributed by atoms with Gasteiger partial charge in [-0.3, -0.25) is 14.5 Å². The van der Waals surface area contributed by atoms with E-state index in [1.54, 1.807) is 0 Å². The van der Waals surface area contributed by atoms with Crippen LogP contribution in [-0.2, 0) is 15.7 Å². The van der Waals surface area contributed by atoms with Crippen molar-refractivity contribution in [1.82, 2.24) is 15.1 Å². The third-order valence-corrected chi connectivity index (χ3v) is 6.80. The molecule has 1 spiro atoms. The van der Waals surface area contributed by atoms with Gasteiger partial charge in [0.1, 0.15) is 11.8 Å². The summed E-state index contributed by atoms with van der Waals surface area (Å²) in [7, 11) is 0. The molecule has 2 heterocycles. The van der Waals surface area contributed by atoms with Crippen LogP contribution in [0.5, 0.6) is 0 Å². The predicted molar refractivity (Wildman–Crippen MR) is 112 cm³/mol. The summed E-state index contributed by atoms with van der Waals surface area (Å²) in [6.45, 7) is 3.41. The molecule has 32 heavy (non-hydrogen) atoms. The molecule has 2 saturated heterocycles. The van der Waals surface area contributed by atoms with Crippen LogP contribution in [0.25, 0.3) is 0 Å². The smallest absolute Gasteiger partial charge is 0.353 e. The summed E-state index contributed by atoms with van der Waals surface area (Å²) in [6.07, 6.45) is 1.89. The standard InChI is InChI=1S/C23H30F3N3O3/c24-23(25,26)18-8-6-17(7-9-18)21(31)29-19(16-32-22(29)10-2-1-3-11-22)20(30)27-12-15-28-13-4-5-14-28/h6-9,19H,1-5,10-16H2,(H,27,30). The van der Waals surface area contributed by atoms with Crippen LogP contribution in [0.2, 0.25) is 0 Å². The molecular formula is C23H30F3N3O3. The fourth-order valence-corrected chi connectivity index (χ4v) is 5.07. The number of nitrogens with one attached hydrogen (secondary N) is 1. The lowest BCUT2D eigenvalue weighted by molar-refractivity contribution is -0.137. The Labute approximate surface area is 186 Å². The molecule has 2 aliphatic heterocycles. The fourth-order valence-electron chi connectivity index (χ4n) is 5.07. The molecule has 1 atom stereocenters. The molecule has 1 aromatic rings. The van der Waals surface area contributed by atoms with E-state index in [0.29, 0.717) is 19.4 Å². The molecule has 9 heteroatoms. The van der Waals surface area contributed by atoms with Gasteiger partial charge in [0.2, 0.25) is 5.91 Å². The molecule has 1 saturated carbocycles. The molecule has 3 aliphatic rings. The number of nitrogens with zero attached hydrogens (tertiary/aromatic N) is 2. The van der Waals surface area contributed by atoms with Gasteiger partial charge in [0.15, 0.2) is 0 Å². The van der Waals surface area contributed by atoms with Crippen LogP contribution in [-0.4, -0.2) is 66.2 Å². The van der Waals surface area contributed by atoms with Crippen molar-refractivity contribution in [2.75, 3.05) is 32.8 Å². The lowest BCUT2D eigenvalue weighted by atomic mass is 9.89. The number of hydrogen-bond acceptors (Lipinski definition) is 4. The number of ether oxygens (including phenoxy) is 1. The fraction of sp³-hybridized carbons (Fsp3) is 0.652. The Morgan fingerprint density at radius 2 is 1.69 bits per heavy atom. The van der Waals surface area contributed by atoms with Crippen molar-refractivity contribution in [1.29, 1.82) is 0 Å². The van der Waals surface area contributed by atoms with E-state index in [9.17, 15) is 22.8 Å². The molecule has 6 nitrogen and oxygen atoms in total. The topological polar surface area (TPSA) is 61.9 Å². The van der Waals surface area contributed by atoms with Gasteiger partial charge in [-0.25, -0.2) is 0 Å². The largest absolute Gasteiger partial charge is 0.416 e. The third-order valence-electron chi connectivity index (χ3n) is 6.80. The molecule has 4 rings (SSSR count). The number of amides is 2. The predicted octanol–water partition coefficient (Wildman–Crippen LogP) is 3.42. The highest BCUT2D eigenvalue weighted by atomic mass is 19.4. The monoisotopic (exact) mass is 453 g/mol. The number of halogens is 3. The zero-order chi connectivity index (χ0) is 22.8. The van der Waals surface area contributed by atoms with Gasteiger partial charge in [0.05, 0.1) is 12.2 Å². The van der Waals surface area contributed by atoms with Gasteiger partial charge in [0, 0.05) is 18.7 Å². The number of carbonyl (C=O) groups is 2. The zero-order valence-corrected chi connectivity index (χ0v) is 18.1. The van der Waals surface area contributed by atoms with Gasteiger partial charge >= 0.3 is 6.18 Å². The Bertz CT molecular complexity index is 816. The van der Waals surface area contributed by atoms with Crippen molar-refractivity contribution >= 4 is 11.8 Å². The van der Waals surface area contributed by atoms with Gasteiger partial charge in [0.25, 0.3) is 5.91 Å². The molecule has 1 aromatic carbocycles. The van der Waals surface area contributed by atoms with Gasteiger partial charge in [-0.1, -0.05) is 6.42 Å². The third kappa shape index (κ3) is 4.78. The van der Waals surface area contributed by atoms with Crippen LogP contribution in [0.15, 0.2) is 24.3 Å². The molecule has 1 unspecified atom stereocenters. The van der Waals surface area contributed by atoms with E-state index in [-0.39, 0.29) is 18.1 Å². The van der Waals surface area contributed by atoms with Crippen LogP contribution < -0.4 is 5.32 Å². The van der Waals surface area contributed by atoms with Crippen molar-refractivity contribution in [3.05, 3.63) is 35.4 Å². The lowest BCUT2D eigenvalue weighted by Gasteiger charge is -2.41. The van der Waals surface area contributed by atoms with Crippen molar-refractivity contribution in [2.45, 2.75) is 62.9 Å². The molecule has 0 aromatic heterocycles. The van der Waals surface area contributed by atoms with Crippen molar-refractivity contribution < 1.29 is 27.5 Å². The Morgan fingerprint density at radius 3 is 2.31 bits per heavy atom. The molecule has 0 bridgehead atoms. The number of alkyl halides is 3. The number of rotatable bonds is 5. The maximum Gasteiger partial charge on any atom is 0.416 e. The van der Waals surface area contributed by atoms with Gasteiger partial charge in [-0.15, -0.1) is 0 Å². The SMILES string of the molecule is O=C(NCCN1CCCC1)C1COC2(CCCCC2)N1C(=O)c1ccc(C(F)(F)F)cc1. The van der Waals surface area contributed by atoms with Crippen LogP contribution in [0.1, 0.15) is 60.9 Å². The van der Waals surface area contributed by atoms with E-state index >= 15 is 0 Å². The number of benzene rings is 1. The second-order valence-corrected chi connectivity index (χ2v) is 8.92. The van der Waals surface area contributed by atoms with Crippen LogP contribution in [0.3, 0.4) is 0 Å². The average Bonchev–Trinajstić information content (AvgIpc) is 3.42. The molecule has 176 valence electrons. The Morgan fingerprint density at radius 1 is 1.03 bits per heavy atom. The van der Waals surface area contributed by atoms with Gasteiger partial charge < -0.3 is 15.0 Å². The van der Waals surface area contributed by atoms with Crippen LogP contribution >= 0.6 is 0 Å². The molecule has 1 N–H and O–H groups in total. The van der Waals surface area contributed by atoms with E-state index in [4.69, 9.17) is 4.74 Å². The summed E-state index contributed by atoms with van der Waals surface area (Å²) in [4.78, 5) is 30.3. The van der Waals surface area contributed by atoms with Crippen molar-refractivity contribution in [2.24, 2.45) is 0 Å². The molecule has 3 fully saturated rings. The summed E-state index contributed by atoms with van der Waals surface area (Å²) in [5.74, 6) is -0.732. The minimum atomic E-state index is -4.47. The van der Waals surface area contributed by atoms with Gasteiger partial charge in [-0.2, -0.15) is 13.2 Å². The van der Waals surface area contributed by atoms with E-state index < -0.39 is 29.4 Å². The minimum Gasteiger partial charge on any atom is -0.353 e. The number of carbonyl (C=O) groups excluding carboxylic acids is 2. The quantitative estimate of drug-likeness (QED) is 0.742. The van der Waals surface area contributed by atoms with E-state index in [0.717, 1.165) is 51.0 Å². The van der Waals surface area contributed by atoms with E-state index in [2.05, 4.69) is 10.2 Å². The highest BCUT2D eigenvalue weighted by Gasteiger charge is 2.53. The Hall–Kier alpha value is -2.13. The molecular weight excluding hydrogens is 423 g/mol. The van der Waals surface area contributed by atoms with E-state index in [1.165, 1.54) is 29.9 Å². The summed E-state index contributed by atoms with van der Waals surface area (Å²) in [5, 5.41) is 2.94. The molecule has 1 aliphatic carbocycles. The first-order valence-electron chi connectivity index (χ1n) is 11.5. The normalized spacial score (nSPS) is 23.6.